The van der Waals surface area contributed by atoms with Crippen LogP contribution in [0.1, 0.15) is 33.6 Å². The molecule has 0 saturated heterocycles. The molecule has 1 amide bonds. The molecule has 0 radical (unpaired) electrons. The molecule has 4 heteroatoms. The predicted octanol–water partition coefficient (Wildman–Crippen LogP) is 2.90. The Morgan fingerprint density at radius 2 is 1.89 bits per heavy atom. The van der Waals surface area contributed by atoms with E-state index in [1.807, 2.05) is 20.8 Å². The van der Waals surface area contributed by atoms with E-state index in [1.165, 1.54) is 24.3 Å². The van der Waals surface area contributed by atoms with Crippen molar-refractivity contribution in [1.29, 1.82) is 0 Å². The summed E-state index contributed by atoms with van der Waals surface area (Å²) in [6.45, 7) is 5.83. The summed E-state index contributed by atoms with van der Waals surface area (Å²) >= 11 is 0. The molecule has 0 aliphatic heterocycles. The van der Waals surface area contributed by atoms with Gasteiger partial charge in [-0.05, 0) is 44.0 Å². The lowest BCUT2D eigenvalue weighted by Crippen LogP contribution is -2.42. The third-order valence-corrected chi connectivity index (χ3v) is 2.76. The average Bonchev–Trinajstić information content (AvgIpc) is 2.37. The van der Waals surface area contributed by atoms with E-state index < -0.39 is 6.10 Å². The molecule has 2 atom stereocenters. The Morgan fingerprint density at radius 3 is 2.39 bits per heavy atom. The van der Waals surface area contributed by atoms with E-state index in [2.05, 4.69) is 5.32 Å². The number of nitrogens with one attached hydrogen (secondary N) is 1. The van der Waals surface area contributed by atoms with Crippen LogP contribution in [-0.2, 0) is 4.79 Å². The van der Waals surface area contributed by atoms with Gasteiger partial charge >= 0.3 is 0 Å². The molecule has 0 spiro atoms. The zero-order chi connectivity index (χ0) is 13.5. The Balaban J connectivity index is 2.61. The van der Waals surface area contributed by atoms with Crippen molar-refractivity contribution in [2.24, 2.45) is 0 Å². The van der Waals surface area contributed by atoms with Gasteiger partial charge in [-0.25, -0.2) is 4.39 Å². The van der Waals surface area contributed by atoms with Gasteiger partial charge in [0.15, 0.2) is 6.10 Å². The molecule has 1 aromatic carbocycles. The molecule has 0 aliphatic rings. The predicted molar refractivity (Wildman–Crippen MR) is 69.0 cm³/mol. The summed E-state index contributed by atoms with van der Waals surface area (Å²) in [5.74, 6) is 0.0539. The Hall–Kier alpha value is -1.58. The minimum absolute atomic E-state index is 0.128. The molecule has 100 valence electrons. The fraction of sp³-hybridized carbons (Fsp3) is 0.500. The lowest BCUT2D eigenvalue weighted by Gasteiger charge is -2.19. The molecular formula is C14H20FNO2. The third kappa shape index (κ3) is 4.35. The Kier molecular flexibility index (Phi) is 5.62. The molecule has 1 N–H and O–H groups in total. The van der Waals surface area contributed by atoms with Gasteiger partial charge in [0.1, 0.15) is 11.6 Å². The molecule has 0 saturated carbocycles. The zero-order valence-corrected chi connectivity index (χ0v) is 11.1. The van der Waals surface area contributed by atoms with Gasteiger partial charge in [0.2, 0.25) is 0 Å². The molecule has 3 nitrogen and oxygen atoms in total. The SMILES string of the molecule is CC[C@H](Oc1ccc(F)cc1)C(=O)N[C@@H](C)CC. The van der Waals surface area contributed by atoms with Gasteiger partial charge in [-0.2, -0.15) is 0 Å². The Bertz CT molecular complexity index is 378. The monoisotopic (exact) mass is 253 g/mol. The molecule has 1 aromatic rings. The summed E-state index contributed by atoms with van der Waals surface area (Å²) in [4.78, 5) is 11.9. The largest absolute Gasteiger partial charge is 0.481 e. The van der Waals surface area contributed by atoms with Crippen LogP contribution in [0, 0.1) is 5.82 Å². The number of carbonyl (C=O) groups excluding carboxylic acids is 1. The van der Waals surface area contributed by atoms with Gasteiger partial charge in [0.05, 0.1) is 0 Å². The van der Waals surface area contributed by atoms with Gasteiger partial charge in [0, 0.05) is 6.04 Å². The summed E-state index contributed by atoms with van der Waals surface area (Å²) in [6.07, 6.45) is 0.905. The van der Waals surface area contributed by atoms with Crippen LogP contribution in [0.5, 0.6) is 5.75 Å². The topological polar surface area (TPSA) is 38.3 Å². The second kappa shape index (κ2) is 6.99. The fourth-order valence-corrected chi connectivity index (χ4v) is 1.44. The number of ether oxygens (including phenoxy) is 1. The number of halogens is 1. The highest BCUT2D eigenvalue weighted by Gasteiger charge is 2.19. The maximum absolute atomic E-state index is 12.7. The number of rotatable bonds is 6. The normalized spacial score (nSPS) is 13.8. The van der Waals surface area contributed by atoms with Gasteiger partial charge in [-0.15, -0.1) is 0 Å². The van der Waals surface area contributed by atoms with Crippen molar-refractivity contribution in [3.05, 3.63) is 30.1 Å². The molecule has 0 fully saturated rings. The molecule has 0 heterocycles. The first kappa shape index (κ1) is 14.5. The molecule has 0 aliphatic carbocycles. The molecular weight excluding hydrogens is 233 g/mol. The molecule has 0 unspecified atom stereocenters. The van der Waals surface area contributed by atoms with Crippen molar-refractivity contribution >= 4 is 5.91 Å². The highest BCUT2D eigenvalue weighted by Crippen LogP contribution is 2.14. The second-order valence-corrected chi connectivity index (χ2v) is 4.29. The zero-order valence-electron chi connectivity index (χ0n) is 11.1. The summed E-state index contributed by atoms with van der Waals surface area (Å²) < 4.78 is 18.3. The first-order valence-corrected chi connectivity index (χ1v) is 6.29. The van der Waals surface area contributed by atoms with Gasteiger partial charge in [-0.1, -0.05) is 13.8 Å². The van der Waals surface area contributed by atoms with E-state index >= 15 is 0 Å². The van der Waals surface area contributed by atoms with E-state index in [1.54, 1.807) is 0 Å². The van der Waals surface area contributed by atoms with Gasteiger partial charge in [0.25, 0.3) is 5.91 Å². The van der Waals surface area contributed by atoms with Crippen molar-refractivity contribution in [1.82, 2.24) is 5.32 Å². The Labute approximate surface area is 107 Å². The van der Waals surface area contributed by atoms with Crippen LogP contribution in [0.4, 0.5) is 4.39 Å². The third-order valence-electron chi connectivity index (χ3n) is 2.76. The minimum Gasteiger partial charge on any atom is -0.481 e. The summed E-state index contributed by atoms with van der Waals surface area (Å²) in [5, 5.41) is 2.87. The van der Waals surface area contributed by atoms with Crippen molar-refractivity contribution in [2.45, 2.75) is 45.8 Å². The van der Waals surface area contributed by atoms with Crippen LogP contribution in [0.3, 0.4) is 0 Å². The second-order valence-electron chi connectivity index (χ2n) is 4.29. The number of hydrogen-bond donors (Lipinski definition) is 1. The van der Waals surface area contributed by atoms with E-state index in [0.29, 0.717) is 12.2 Å². The molecule has 0 aromatic heterocycles. The van der Waals surface area contributed by atoms with Crippen LogP contribution in [0.15, 0.2) is 24.3 Å². The smallest absolute Gasteiger partial charge is 0.261 e. The highest BCUT2D eigenvalue weighted by molar-refractivity contribution is 5.81. The van der Waals surface area contributed by atoms with Crippen molar-refractivity contribution in [3.63, 3.8) is 0 Å². The minimum atomic E-state index is -0.538. The van der Waals surface area contributed by atoms with E-state index in [4.69, 9.17) is 4.74 Å². The van der Waals surface area contributed by atoms with Gasteiger partial charge in [-0.3, -0.25) is 4.79 Å². The highest BCUT2D eigenvalue weighted by atomic mass is 19.1. The molecule has 1 rings (SSSR count). The average molecular weight is 253 g/mol. The first-order valence-electron chi connectivity index (χ1n) is 6.29. The Morgan fingerprint density at radius 1 is 1.28 bits per heavy atom. The van der Waals surface area contributed by atoms with E-state index in [9.17, 15) is 9.18 Å². The quantitative estimate of drug-likeness (QED) is 0.846. The van der Waals surface area contributed by atoms with Crippen molar-refractivity contribution in [2.75, 3.05) is 0 Å². The standard InChI is InChI=1S/C14H20FNO2/c1-4-10(3)16-14(17)13(5-2)18-12-8-6-11(15)7-9-12/h6-10,13H,4-5H2,1-3H3,(H,16,17)/t10-,13-/m0/s1. The van der Waals surface area contributed by atoms with Crippen LogP contribution >= 0.6 is 0 Å². The van der Waals surface area contributed by atoms with Gasteiger partial charge < -0.3 is 10.1 Å². The van der Waals surface area contributed by atoms with Crippen molar-refractivity contribution in [3.8, 4) is 5.75 Å². The van der Waals surface area contributed by atoms with Crippen LogP contribution in [0.25, 0.3) is 0 Å². The van der Waals surface area contributed by atoms with E-state index in [-0.39, 0.29) is 17.8 Å². The van der Waals surface area contributed by atoms with Crippen LogP contribution in [-0.4, -0.2) is 18.1 Å². The summed E-state index contributed by atoms with van der Waals surface area (Å²) in [5.41, 5.74) is 0. The van der Waals surface area contributed by atoms with Crippen LogP contribution in [0.2, 0.25) is 0 Å². The number of amides is 1. The fourth-order valence-electron chi connectivity index (χ4n) is 1.44. The van der Waals surface area contributed by atoms with E-state index in [0.717, 1.165) is 6.42 Å². The summed E-state index contributed by atoms with van der Waals surface area (Å²) in [6, 6.07) is 5.80. The first-order chi connectivity index (χ1) is 8.56. The number of hydrogen-bond acceptors (Lipinski definition) is 2. The number of benzene rings is 1. The summed E-state index contributed by atoms with van der Waals surface area (Å²) in [7, 11) is 0. The molecule has 18 heavy (non-hydrogen) atoms. The molecule has 0 bridgehead atoms. The van der Waals surface area contributed by atoms with Crippen molar-refractivity contribution < 1.29 is 13.9 Å². The van der Waals surface area contributed by atoms with Crippen LogP contribution < -0.4 is 10.1 Å². The maximum atomic E-state index is 12.7. The maximum Gasteiger partial charge on any atom is 0.261 e. The lowest BCUT2D eigenvalue weighted by atomic mass is 10.2. The number of carbonyl (C=O) groups is 1. The lowest BCUT2D eigenvalue weighted by molar-refractivity contribution is -0.128.